The Morgan fingerprint density at radius 2 is 1.87 bits per heavy atom. The molecule has 23 heavy (non-hydrogen) atoms. The van der Waals surface area contributed by atoms with Crippen LogP contribution in [0.5, 0.6) is 0 Å². The standard InChI is InChI=1S/C16H17N3O3S/c1-11-4-2-5-12(10-11)15(21)17-8-7-14(20)18-19-16(22)13-6-3-9-23-13/h2-6,9-10H,7-8H2,1H3,(H,17,21)(H,18,20)(H,19,22). The summed E-state index contributed by atoms with van der Waals surface area (Å²) in [7, 11) is 0. The lowest BCUT2D eigenvalue weighted by atomic mass is 10.1. The second-order valence-corrected chi connectivity index (χ2v) is 5.80. The van der Waals surface area contributed by atoms with E-state index in [2.05, 4.69) is 16.2 Å². The monoisotopic (exact) mass is 331 g/mol. The summed E-state index contributed by atoms with van der Waals surface area (Å²) in [5.41, 5.74) is 6.18. The normalized spacial score (nSPS) is 9.96. The summed E-state index contributed by atoms with van der Waals surface area (Å²) in [5.74, 6) is -0.972. The molecule has 7 heteroatoms. The molecule has 0 aliphatic heterocycles. The summed E-state index contributed by atoms with van der Waals surface area (Å²) in [4.78, 5) is 35.6. The Bertz CT molecular complexity index is 698. The summed E-state index contributed by atoms with van der Waals surface area (Å²) < 4.78 is 0. The predicted molar refractivity (Wildman–Crippen MR) is 88.1 cm³/mol. The molecule has 2 rings (SSSR count). The molecule has 0 unspecified atom stereocenters. The van der Waals surface area contributed by atoms with E-state index < -0.39 is 0 Å². The largest absolute Gasteiger partial charge is 0.352 e. The van der Waals surface area contributed by atoms with Gasteiger partial charge >= 0.3 is 0 Å². The Morgan fingerprint density at radius 1 is 1.04 bits per heavy atom. The highest BCUT2D eigenvalue weighted by Gasteiger charge is 2.09. The maximum atomic E-state index is 11.9. The van der Waals surface area contributed by atoms with Gasteiger partial charge in [0.1, 0.15) is 0 Å². The number of carbonyl (C=O) groups is 3. The zero-order valence-electron chi connectivity index (χ0n) is 12.6. The van der Waals surface area contributed by atoms with Crippen molar-refractivity contribution in [3.05, 3.63) is 57.8 Å². The quantitative estimate of drug-likeness (QED) is 0.728. The number of hydrogen-bond acceptors (Lipinski definition) is 4. The maximum absolute atomic E-state index is 11.9. The van der Waals surface area contributed by atoms with E-state index in [1.165, 1.54) is 11.3 Å². The predicted octanol–water partition coefficient (Wildman–Crippen LogP) is 1.64. The van der Waals surface area contributed by atoms with Crippen LogP contribution in [-0.4, -0.2) is 24.3 Å². The molecule has 0 radical (unpaired) electrons. The van der Waals surface area contributed by atoms with Gasteiger partial charge in [0.05, 0.1) is 4.88 Å². The van der Waals surface area contributed by atoms with Gasteiger partial charge in [0.2, 0.25) is 5.91 Å². The number of benzene rings is 1. The lowest BCUT2D eigenvalue weighted by Crippen LogP contribution is -2.42. The molecule has 0 saturated heterocycles. The van der Waals surface area contributed by atoms with Gasteiger partial charge in [-0.15, -0.1) is 11.3 Å². The minimum Gasteiger partial charge on any atom is -0.352 e. The van der Waals surface area contributed by atoms with Crippen molar-refractivity contribution in [2.45, 2.75) is 13.3 Å². The van der Waals surface area contributed by atoms with Crippen molar-refractivity contribution < 1.29 is 14.4 Å². The number of hydrogen-bond donors (Lipinski definition) is 3. The van der Waals surface area contributed by atoms with Gasteiger partial charge in [-0.25, -0.2) is 0 Å². The summed E-state index contributed by atoms with van der Waals surface area (Å²) in [6, 6.07) is 10.6. The second kappa shape index (κ2) is 8.09. The molecule has 0 atom stereocenters. The Morgan fingerprint density at radius 3 is 2.57 bits per heavy atom. The van der Waals surface area contributed by atoms with Gasteiger partial charge in [0.25, 0.3) is 11.8 Å². The van der Waals surface area contributed by atoms with Crippen molar-refractivity contribution in [2.24, 2.45) is 0 Å². The molecule has 0 aliphatic rings. The molecule has 0 spiro atoms. The Labute approximate surface area is 137 Å². The molecule has 1 aromatic heterocycles. The number of carbonyl (C=O) groups excluding carboxylic acids is 3. The molecular weight excluding hydrogens is 314 g/mol. The zero-order chi connectivity index (χ0) is 16.7. The van der Waals surface area contributed by atoms with Crippen molar-refractivity contribution >= 4 is 29.1 Å². The van der Waals surface area contributed by atoms with Crippen LogP contribution in [0, 0.1) is 6.92 Å². The SMILES string of the molecule is Cc1cccc(C(=O)NCCC(=O)NNC(=O)c2cccs2)c1. The van der Waals surface area contributed by atoms with Gasteiger partial charge in [-0.1, -0.05) is 23.8 Å². The number of nitrogens with one attached hydrogen (secondary N) is 3. The van der Waals surface area contributed by atoms with Crippen LogP contribution >= 0.6 is 11.3 Å². The first-order valence-corrected chi connectivity index (χ1v) is 7.92. The summed E-state index contributed by atoms with van der Waals surface area (Å²) in [6.07, 6.45) is 0.0717. The molecule has 0 saturated carbocycles. The summed E-state index contributed by atoms with van der Waals surface area (Å²) in [5, 5.41) is 4.44. The highest BCUT2D eigenvalue weighted by Crippen LogP contribution is 2.07. The first kappa shape index (κ1) is 16.7. The molecule has 3 N–H and O–H groups in total. The highest BCUT2D eigenvalue weighted by molar-refractivity contribution is 7.12. The molecule has 1 heterocycles. The molecule has 0 fully saturated rings. The van der Waals surface area contributed by atoms with Crippen LogP contribution in [0.15, 0.2) is 41.8 Å². The van der Waals surface area contributed by atoms with Crippen LogP contribution < -0.4 is 16.2 Å². The molecular formula is C16H17N3O3S. The Kier molecular flexibility index (Phi) is 5.87. The van der Waals surface area contributed by atoms with Gasteiger partial charge in [-0.2, -0.15) is 0 Å². The van der Waals surface area contributed by atoms with Crippen LogP contribution in [0.25, 0.3) is 0 Å². The summed E-state index contributed by atoms with van der Waals surface area (Å²) >= 11 is 1.28. The van der Waals surface area contributed by atoms with Crippen molar-refractivity contribution in [3.63, 3.8) is 0 Å². The molecule has 0 bridgehead atoms. The van der Waals surface area contributed by atoms with Crippen molar-refractivity contribution in [1.82, 2.24) is 16.2 Å². The van der Waals surface area contributed by atoms with E-state index in [1.54, 1.807) is 35.7 Å². The highest BCUT2D eigenvalue weighted by atomic mass is 32.1. The van der Waals surface area contributed by atoms with E-state index in [0.29, 0.717) is 10.4 Å². The van der Waals surface area contributed by atoms with E-state index in [4.69, 9.17) is 0 Å². The van der Waals surface area contributed by atoms with E-state index in [-0.39, 0.29) is 30.7 Å². The average Bonchev–Trinajstić information content (AvgIpc) is 3.07. The van der Waals surface area contributed by atoms with Crippen molar-refractivity contribution in [1.29, 1.82) is 0 Å². The van der Waals surface area contributed by atoms with Crippen LogP contribution in [0.4, 0.5) is 0 Å². The number of rotatable bonds is 5. The van der Waals surface area contributed by atoms with E-state index >= 15 is 0 Å². The minimum absolute atomic E-state index is 0.0717. The average molecular weight is 331 g/mol. The van der Waals surface area contributed by atoms with E-state index in [0.717, 1.165) is 5.56 Å². The van der Waals surface area contributed by atoms with Crippen molar-refractivity contribution in [2.75, 3.05) is 6.54 Å². The topological polar surface area (TPSA) is 87.3 Å². The molecule has 120 valence electrons. The van der Waals surface area contributed by atoms with E-state index in [9.17, 15) is 14.4 Å². The summed E-state index contributed by atoms with van der Waals surface area (Å²) in [6.45, 7) is 2.09. The van der Waals surface area contributed by atoms with Gasteiger partial charge in [-0.05, 0) is 30.5 Å². The third-order valence-corrected chi connectivity index (χ3v) is 3.85. The molecule has 3 amide bonds. The number of amides is 3. The fraction of sp³-hybridized carbons (Fsp3) is 0.188. The third kappa shape index (κ3) is 5.23. The fourth-order valence-electron chi connectivity index (χ4n) is 1.84. The lowest BCUT2D eigenvalue weighted by Gasteiger charge is -2.08. The Balaban J connectivity index is 1.68. The van der Waals surface area contributed by atoms with Crippen LogP contribution in [0.3, 0.4) is 0 Å². The first-order chi connectivity index (χ1) is 11.1. The number of hydrazine groups is 1. The zero-order valence-corrected chi connectivity index (χ0v) is 13.4. The first-order valence-electron chi connectivity index (χ1n) is 7.04. The second-order valence-electron chi connectivity index (χ2n) is 4.85. The molecule has 2 aromatic rings. The molecule has 0 aliphatic carbocycles. The smallest absolute Gasteiger partial charge is 0.279 e. The van der Waals surface area contributed by atoms with Gasteiger partial charge < -0.3 is 5.32 Å². The third-order valence-electron chi connectivity index (χ3n) is 2.98. The van der Waals surface area contributed by atoms with Crippen LogP contribution in [0.2, 0.25) is 0 Å². The van der Waals surface area contributed by atoms with E-state index in [1.807, 2.05) is 13.0 Å². The fourth-order valence-corrected chi connectivity index (χ4v) is 2.46. The lowest BCUT2D eigenvalue weighted by molar-refractivity contribution is -0.121. The van der Waals surface area contributed by atoms with Gasteiger partial charge in [0, 0.05) is 18.5 Å². The van der Waals surface area contributed by atoms with Gasteiger partial charge in [-0.3, -0.25) is 25.2 Å². The van der Waals surface area contributed by atoms with Crippen LogP contribution in [-0.2, 0) is 4.79 Å². The maximum Gasteiger partial charge on any atom is 0.279 e. The van der Waals surface area contributed by atoms with Crippen molar-refractivity contribution in [3.8, 4) is 0 Å². The molecule has 1 aromatic carbocycles. The minimum atomic E-state index is -0.376. The number of aryl methyl sites for hydroxylation is 1. The molecule has 6 nitrogen and oxygen atoms in total. The number of thiophene rings is 1. The van der Waals surface area contributed by atoms with Crippen LogP contribution in [0.1, 0.15) is 32.0 Å². The Hall–Kier alpha value is -2.67. The van der Waals surface area contributed by atoms with Gasteiger partial charge in [0.15, 0.2) is 0 Å².